The molecule has 1 aliphatic rings. The van der Waals surface area contributed by atoms with Gasteiger partial charge in [0.1, 0.15) is 5.01 Å². The molecule has 6 heteroatoms. The quantitative estimate of drug-likeness (QED) is 0.922. The summed E-state index contributed by atoms with van der Waals surface area (Å²) in [6, 6.07) is 0. The summed E-state index contributed by atoms with van der Waals surface area (Å²) in [6.45, 7) is 7.98. The van der Waals surface area contributed by atoms with Gasteiger partial charge in [-0.05, 0) is 40.5 Å². The second kappa shape index (κ2) is 6.31. The number of carbonyl (C=O) groups is 1. The van der Waals surface area contributed by atoms with Crippen LogP contribution in [0.3, 0.4) is 0 Å². The van der Waals surface area contributed by atoms with Gasteiger partial charge in [-0.2, -0.15) is 5.10 Å². The van der Waals surface area contributed by atoms with Crippen LogP contribution in [0.1, 0.15) is 66.2 Å². The zero-order chi connectivity index (χ0) is 17.5. The van der Waals surface area contributed by atoms with Gasteiger partial charge in [-0.25, -0.2) is 4.98 Å². The van der Waals surface area contributed by atoms with Crippen LogP contribution >= 0.6 is 11.3 Å². The van der Waals surface area contributed by atoms with Crippen molar-refractivity contribution in [1.29, 1.82) is 0 Å². The number of nitrogens with one attached hydrogen (secondary N) is 1. The lowest BCUT2D eigenvalue weighted by Gasteiger charge is -2.30. The Morgan fingerprint density at radius 2 is 2.00 bits per heavy atom. The Morgan fingerprint density at radius 1 is 1.33 bits per heavy atom. The summed E-state index contributed by atoms with van der Waals surface area (Å²) >= 11 is 1.66. The van der Waals surface area contributed by atoms with E-state index < -0.39 is 0 Å². The molecule has 0 saturated heterocycles. The van der Waals surface area contributed by atoms with Crippen molar-refractivity contribution in [2.45, 2.75) is 64.8 Å². The molecule has 0 radical (unpaired) electrons. The average Bonchev–Trinajstić information content (AvgIpc) is 3.21. The first-order valence-corrected chi connectivity index (χ1v) is 9.47. The molecule has 1 atom stereocenters. The van der Waals surface area contributed by atoms with Crippen molar-refractivity contribution in [2.24, 2.45) is 7.05 Å². The van der Waals surface area contributed by atoms with E-state index in [2.05, 4.69) is 20.8 Å². The van der Waals surface area contributed by atoms with Crippen molar-refractivity contribution < 1.29 is 4.79 Å². The Hall–Kier alpha value is -1.69. The van der Waals surface area contributed by atoms with E-state index in [4.69, 9.17) is 0 Å². The Kier molecular flexibility index (Phi) is 4.51. The number of aryl methyl sites for hydroxylation is 3. The number of carbonyl (C=O) groups excluding carboxylic acids is 1. The predicted octanol–water partition coefficient (Wildman–Crippen LogP) is 3.49. The van der Waals surface area contributed by atoms with Gasteiger partial charge in [0.05, 0.1) is 17.2 Å². The predicted molar refractivity (Wildman–Crippen MR) is 96.2 cm³/mol. The van der Waals surface area contributed by atoms with E-state index in [1.165, 1.54) is 0 Å². The van der Waals surface area contributed by atoms with Crippen LogP contribution in [0.2, 0.25) is 0 Å². The van der Waals surface area contributed by atoms with Crippen LogP contribution in [-0.2, 0) is 17.4 Å². The van der Waals surface area contributed by atoms with Gasteiger partial charge in [-0.1, -0.05) is 12.8 Å². The highest BCUT2D eigenvalue weighted by atomic mass is 32.1. The maximum absolute atomic E-state index is 13.0. The molecule has 1 saturated carbocycles. The number of thiazole rings is 1. The molecular formula is C18H26N4OS. The van der Waals surface area contributed by atoms with Gasteiger partial charge in [0, 0.05) is 29.4 Å². The van der Waals surface area contributed by atoms with E-state index in [1.807, 2.05) is 39.4 Å². The van der Waals surface area contributed by atoms with Crippen LogP contribution in [0, 0.1) is 20.8 Å². The Labute approximate surface area is 147 Å². The Morgan fingerprint density at radius 3 is 2.50 bits per heavy atom. The monoisotopic (exact) mass is 346 g/mol. The standard InChI is InChI=1S/C18H26N4OS/c1-11-10-24-17(19-11)18(8-6-7-9-18)20-16(23)12(2)15-13(3)21-22(5)14(15)4/h10,12H,6-9H2,1-5H3,(H,20,23). The smallest absolute Gasteiger partial charge is 0.228 e. The normalized spacial score (nSPS) is 17.9. The van der Waals surface area contributed by atoms with Crippen LogP contribution in [0.15, 0.2) is 5.38 Å². The van der Waals surface area contributed by atoms with E-state index >= 15 is 0 Å². The number of hydrogen-bond donors (Lipinski definition) is 1. The molecule has 24 heavy (non-hydrogen) atoms. The highest BCUT2D eigenvalue weighted by Gasteiger charge is 2.40. The number of aromatic nitrogens is 3. The van der Waals surface area contributed by atoms with Crippen molar-refractivity contribution in [3.05, 3.63) is 33.0 Å². The van der Waals surface area contributed by atoms with Gasteiger partial charge in [0.2, 0.25) is 5.91 Å². The summed E-state index contributed by atoms with van der Waals surface area (Å²) in [5, 5.41) is 10.9. The van der Waals surface area contributed by atoms with Gasteiger partial charge < -0.3 is 5.32 Å². The van der Waals surface area contributed by atoms with Crippen LogP contribution in [0.5, 0.6) is 0 Å². The SMILES string of the molecule is Cc1csc(C2(NC(=O)C(C)c3c(C)nn(C)c3C)CCCC2)n1. The third-order valence-corrected chi connectivity index (χ3v) is 6.40. The fraction of sp³-hybridized carbons (Fsp3) is 0.611. The van der Waals surface area contributed by atoms with Crippen molar-refractivity contribution in [2.75, 3.05) is 0 Å². The lowest BCUT2D eigenvalue weighted by Crippen LogP contribution is -2.45. The molecule has 1 fully saturated rings. The minimum atomic E-state index is -0.283. The first-order chi connectivity index (χ1) is 11.3. The molecule has 0 bridgehead atoms. The van der Waals surface area contributed by atoms with Gasteiger partial charge in [-0.3, -0.25) is 9.48 Å². The third-order valence-electron chi connectivity index (χ3n) is 5.24. The van der Waals surface area contributed by atoms with Crippen molar-refractivity contribution in [3.63, 3.8) is 0 Å². The highest BCUT2D eigenvalue weighted by Crippen LogP contribution is 2.40. The molecule has 0 aromatic carbocycles. The second-order valence-electron chi connectivity index (χ2n) is 7.00. The van der Waals surface area contributed by atoms with Gasteiger partial charge >= 0.3 is 0 Å². The molecule has 1 aliphatic carbocycles. The summed E-state index contributed by atoms with van der Waals surface area (Å²) in [6.07, 6.45) is 4.23. The molecule has 1 amide bonds. The fourth-order valence-electron chi connectivity index (χ4n) is 3.84. The molecule has 0 aliphatic heterocycles. The number of amides is 1. The molecule has 1 N–H and O–H groups in total. The van der Waals surface area contributed by atoms with Crippen molar-refractivity contribution in [3.8, 4) is 0 Å². The molecule has 3 rings (SSSR count). The summed E-state index contributed by atoms with van der Waals surface area (Å²) in [4.78, 5) is 17.7. The minimum absolute atomic E-state index is 0.0731. The highest BCUT2D eigenvalue weighted by molar-refractivity contribution is 7.09. The summed E-state index contributed by atoms with van der Waals surface area (Å²) in [7, 11) is 1.92. The van der Waals surface area contributed by atoms with Crippen molar-refractivity contribution in [1.82, 2.24) is 20.1 Å². The van der Waals surface area contributed by atoms with Gasteiger partial charge in [0.15, 0.2) is 0 Å². The largest absolute Gasteiger partial charge is 0.344 e. The molecule has 0 spiro atoms. The van der Waals surface area contributed by atoms with E-state index in [0.29, 0.717) is 0 Å². The number of hydrogen-bond acceptors (Lipinski definition) is 4. The van der Waals surface area contributed by atoms with Crippen LogP contribution < -0.4 is 5.32 Å². The summed E-state index contributed by atoms with van der Waals surface area (Å²) < 4.78 is 1.85. The third kappa shape index (κ3) is 2.88. The first kappa shape index (κ1) is 17.1. The first-order valence-electron chi connectivity index (χ1n) is 8.59. The molecule has 2 aromatic rings. The minimum Gasteiger partial charge on any atom is -0.344 e. The molecule has 2 heterocycles. The summed E-state index contributed by atoms with van der Waals surface area (Å²) in [5.41, 5.74) is 3.78. The van der Waals surface area contributed by atoms with E-state index in [0.717, 1.165) is 53.3 Å². The second-order valence-corrected chi connectivity index (χ2v) is 7.86. The zero-order valence-electron chi connectivity index (χ0n) is 15.1. The Bertz CT molecular complexity index is 755. The van der Waals surface area contributed by atoms with Gasteiger partial charge in [0.25, 0.3) is 0 Å². The zero-order valence-corrected chi connectivity index (χ0v) is 16.0. The maximum Gasteiger partial charge on any atom is 0.228 e. The molecular weight excluding hydrogens is 320 g/mol. The molecule has 1 unspecified atom stereocenters. The van der Waals surface area contributed by atoms with Crippen LogP contribution in [0.4, 0.5) is 0 Å². The molecule has 5 nitrogen and oxygen atoms in total. The van der Waals surface area contributed by atoms with Crippen LogP contribution in [0.25, 0.3) is 0 Å². The number of rotatable bonds is 4. The topological polar surface area (TPSA) is 59.8 Å². The lowest BCUT2D eigenvalue weighted by atomic mass is 9.93. The average molecular weight is 347 g/mol. The van der Waals surface area contributed by atoms with Crippen molar-refractivity contribution >= 4 is 17.2 Å². The fourth-order valence-corrected chi connectivity index (χ4v) is 4.85. The summed E-state index contributed by atoms with van der Waals surface area (Å²) in [5.74, 6) is -0.138. The van der Waals surface area contributed by atoms with E-state index in [-0.39, 0.29) is 17.4 Å². The lowest BCUT2D eigenvalue weighted by molar-refractivity contribution is -0.124. The Balaban J connectivity index is 1.86. The number of nitrogens with zero attached hydrogens (tertiary/aromatic N) is 3. The van der Waals surface area contributed by atoms with E-state index in [9.17, 15) is 4.79 Å². The van der Waals surface area contributed by atoms with Gasteiger partial charge in [-0.15, -0.1) is 11.3 Å². The molecule has 130 valence electrons. The van der Waals surface area contributed by atoms with E-state index in [1.54, 1.807) is 11.3 Å². The van der Waals surface area contributed by atoms with Crippen LogP contribution in [-0.4, -0.2) is 20.7 Å². The molecule has 2 aromatic heterocycles. The maximum atomic E-state index is 13.0.